The first-order valence-corrected chi connectivity index (χ1v) is 6.06. The minimum atomic E-state index is -1.32. The lowest BCUT2D eigenvalue weighted by atomic mass is 10.2. The Morgan fingerprint density at radius 2 is 2.00 bits per heavy atom. The molecule has 0 radical (unpaired) electrons. The SMILES string of the molecule is O=C(O)c1ccc(Oc2cnnc3ccccc23)cc1F. The molecule has 0 bridgehead atoms. The van der Waals surface area contributed by atoms with Crippen LogP contribution >= 0.6 is 0 Å². The van der Waals surface area contributed by atoms with E-state index in [9.17, 15) is 9.18 Å². The van der Waals surface area contributed by atoms with E-state index >= 15 is 0 Å². The molecule has 3 rings (SSSR count). The van der Waals surface area contributed by atoms with Gasteiger partial charge in [-0.2, -0.15) is 10.2 Å². The Bertz CT molecular complexity index is 831. The molecular weight excluding hydrogens is 275 g/mol. The number of hydrogen-bond acceptors (Lipinski definition) is 4. The van der Waals surface area contributed by atoms with Crippen molar-refractivity contribution in [1.29, 1.82) is 0 Å². The van der Waals surface area contributed by atoms with E-state index in [0.29, 0.717) is 11.3 Å². The molecule has 1 heterocycles. The number of aromatic nitrogens is 2. The maximum Gasteiger partial charge on any atom is 0.338 e. The number of carboxylic acids is 1. The Labute approximate surface area is 118 Å². The number of ether oxygens (including phenoxy) is 1. The molecular formula is C15H9FN2O3. The van der Waals surface area contributed by atoms with Gasteiger partial charge in [-0.1, -0.05) is 12.1 Å². The molecule has 2 aromatic carbocycles. The molecule has 0 aliphatic rings. The molecule has 0 amide bonds. The largest absolute Gasteiger partial charge is 0.478 e. The van der Waals surface area contributed by atoms with Gasteiger partial charge < -0.3 is 9.84 Å². The number of rotatable bonds is 3. The first kappa shape index (κ1) is 13.0. The highest BCUT2D eigenvalue weighted by atomic mass is 19.1. The van der Waals surface area contributed by atoms with Gasteiger partial charge in [-0.3, -0.25) is 0 Å². The Balaban J connectivity index is 1.99. The minimum absolute atomic E-state index is 0.190. The number of carboxylic acid groups (broad SMARTS) is 1. The summed E-state index contributed by atoms with van der Waals surface area (Å²) in [4.78, 5) is 10.8. The number of halogens is 1. The molecule has 0 aliphatic heterocycles. The number of fused-ring (bicyclic) bond motifs is 1. The summed E-state index contributed by atoms with van der Waals surface area (Å²) >= 11 is 0. The second-order valence-electron chi connectivity index (χ2n) is 4.27. The standard InChI is InChI=1S/C15H9FN2O3/c16-12-7-9(5-6-10(12)15(19)20)21-14-8-17-18-13-4-2-1-3-11(13)14/h1-8H,(H,19,20). The second kappa shape index (κ2) is 5.16. The second-order valence-corrected chi connectivity index (χ2v) is 4.27. The topological polar surface area (TPSA) is 72.3 Å². The minimum Gasteiger partial charge on any atom is -0.478 e. The van der Waals surface area contributed by atoms with Crippen LogP contribution in [0, 0.1) is 5.82 Å². The number of hydrogen-bond donors (Lipinski definition) is 1. The third-order valence-electron chi connectivity index (χ3n) is 2.91. The molecule has 0 unspecified atom stereocenters. The summed E-state index contributed by atoms with van der Waals surface area (Å²) in [5.74, 6) is -1.57. The summed E-state index contributed by atoms with van der Waals surface area (Å²) in [7, 11) is 0. The van der Waals surface area contributed by atoms with Gasteiger partial charge in [-0.15, -0.1) is 0 Å². The van der Waals surface area contributed by atoms with E-state index in [-0.39, 0.29) is 5.75 Å². The van der Waals surface area contributed by atoms with Crippen molar-refractivity contribution in [3.63, 3.8) is 0 Å². The van der Waals surface area contributed by atoms with E-state index in [0.717, 1.165) is 17.5 Å². The fraction of sp³-hybridized carbons (Fsp3) is 0. The van der Waals surface area contributed by atoms with Crippen LogP contribution in [0.3, 0.4) is 0 Å². The molecule has 0 spiro atoms. The lowest BCUT2D eigenvalue weighted by Crippen LogP contribution is -2.00. The van der Waals surface area contributed by atoms with Crippen LogP contribution in [0.1, 0.15) is 10.4 Å². The predicted molar refractivity (Wildman–Crippen MR) is 73.0 cm³/mol. The Hall–Kier alpha value is -3.02. The van der Waals surface area contributed by atoms with E-state index in [4.69, 9.17) is 9.84 Å². The van der Waals surface area contributed by atoms with Crippen LogP contribution < -0.4 is 4.74 Å². The fourth-order valence-electron chi connectivity index (χ4n) is 1.92. The van der Waals surface area contributed by atoms with Crippen molar-refractivity contribution in [1.82, 2.24) is 10.2 Å². The molecule has 0 saturated carbocycles. The molecule has 1 aromatic heterocycles. The lowest BCUT2D eigenvalue weighted by molar-refractivity contribution is 0.0692. The van der Waals surface area contributed by atoms with Crippen LogP contribution in [0.5, 0.6) is 11.5 Å². The maximum atomic E-state index is 13.6. The average molecular weight is 284 g/mol. The van der Waals surface area contributed by atoms with Crippen molar-refractivity contribution in [2.24, 2.45) is 0 Å². The lowest BCUT2D eigenvalue weighted by Gasteiger charge is -2.08. The predicted octanol–water partition coefficient (Wildman–Crippen LogP) is 3.26. The number of nitrogens with zero attached hydrogens (tertiary/aromatic N) is 2. The van der Waals surface area contributed by atoms with Gasteiger partial charge in [0.25, 0.3) is 0 Å². The van der Waals surface area contributed by atoms with Crippen LogP contribution in [-0.4, -0.2) is 21.3 Å². The van der Waals surface area contributed by atoms with Crippen molar-refractivity contribution < 1.29 is 19.0 Å². The Morgan fingerprint density at radius 3 is 2.76 bits per heavy atom. The molecule has 3 aromatic rings. The quantitative estimate of drug-likeness (QED) is 0.799. The van der Waals surface area contributed by atoms with Gasteiger partial charge in [-0.05, 0) is 24.3 Å². The van der Waals surface area contributed by atoms with Gasteiger partial charge in [0.2, 0.25) is 0 Å². The molecule has 1 N–H and O–H groups in total. The third kappa shape index (κ3) is 2.51. The van der Waals surface area contributed by atoms with Crippen molar-refractivity contribution in [3.05, 3.63) is 60.0 Å². The normalized spacial score (nSPS) is 10.5. The van der Waals surface area contributed by atoms with Crippen LogP contribution in [0.25, 0.3) is 10.9 Å². The van der Waals surface area contributed by atoms with Crippen molar-refractivity contribution in [2.75, 3.05) is 0 Å². The highest BCUT2D eigenvalue weighted by molar-refractivity contribution is 5.88. The molecule has 0 atom stereocenters. The summed E-state index contributed by atoms with van der Waals surface area (Å²) in [6.45, 7) is 0. The molecule has 5 nitrogen and oxygen atoms in total. The van der Waals surface area contributed by atoms with Crippen LogP contribution in [0.2, 0.25) is 0 Å². The van der Waals surface area contributed by atoms with Crippen molar-refractivity contribution in [2.45, 2.75) is 0 Å². The Morgan fingerprint density at radius 1 is 1.19 bits per heavy atom. The fourth-order valence-corrected chi connectivity index (χ4v) is 1.92. The molecule has 0 saturated heterocycles. The zero-order valence-corrected chi connectivity index (χ0v) is 10.7. The number of aromatic carboxylic acids is 1. The number of carbonyl (C=O) groups is 1. The highest BCUT2D eigenvalue weighted by Gasteiger charge is 2.12. The zero-order chi connectivity index (χ0) is 14.8. The highest BCUT2D eigenvalue weighted by Crippen LogP contribution is 2.28. The maximum absolute atomic E-state index is 13.6. The van der Waals surface area contributed by atoms with E-state index in [1.165, 1.54) is 12.3 Å². The third-order valence-corrected chi connectivity index (χ3v) is 2.91. The smallest absolute Gasteiger partial charge is 0.338 e. The van der Waals surface area contributed by atoms with Crippen LogP contribution in [-0.2, 0) is 0 Å². The Kier molecular flexibility index (Phi) is 3.19. The first-order valence-electron chi connectivity index (χ1n) is 6.06. The van der Waals surface area contributed by atoms with Gasteiger partial charge in [0.05, 0.1) is 17.3 Å². The summed E-state index contributed by atoms with van der Waals surface area (Å²) < 4.78 is 19.2. The van der Waals surface area contributed by atoms with E-state index in [1.54, 1.807) is 12.1 Å². The molecule has 0 aliphatic carbocycles. The van der Waals surface area contributed by atoms with E-state index in [2.05, 4.69) is 10.2 Å². The molecule has 104 valence electrons. The monoisotopic (exact) mass is 284 g/mol. The average Bonchev–Trinajstić information content (AvgIpc) is 2.47. The summed E-state index contributed by atoms with van der Waals surface area (Å²) in [6.07, 6.45) is 1.42. The van der Waals surface area contributed by atoms with Crippen molar-refractivity contribution >= 4 is 16.9 Å². The summed E-state index contributed by atoms with van der Waals surface area (Å²) in [5.41, 5.74) is 0.248. The molecule has 0 fully saturated rings. The van der Waals surface area contributed by atoms with Gasteiger partial charge in [0.1, 0.15) is 11.6 Å². The zero-order valence-electron chi connectivity index (χ0n) is 10.7. The van der Waals surface area contributed by atoms with Gasteiger partial charge in [-0.25, -0.2) is 9.18 Å². The van der Waals surface area contributed by atoms with E-state index in [1.807, 2.05) is 12.1 Å². The van der Waals surface area contributed by atoms with E-state index < -0.39 is 17.3 Å². The van der Waals surface area contributed by atoms with Gasteiger partial charge in [0, 0.05) is 11.5 Å². The molecule has 6 heteroatoms. The number of benzene rings is 2. The molecule has 21 heavy (non-hydrogen) atoms. The first-order chi connectivity index (χ1) is 10.1. The van der Waals surface area contributed by atoms with Crippen LogP contribution in [0.4, 0.5) is 4.39 Å². The van der Waals surface area contributed by atoms with Crippen LogP contribution in [0.15, 0.2) is 48.7 Å². The van der Waals surface area contributed by atoms with Gasteiger partial charge >= 0.3 is 5.97 Å². The summed E-state index contributed by atoms with van der Waals surface area (Å²) in [5, 5.41) is 17.3. The summed E-state index contributed by atoms with van der Waals surface area (Å²) in [6, 6.07) is 10.8. The van der Waals surface area contributed by atoms with Gasteiger partial charge in [0.15, 0.2) is 5.75 Å². The van der Waals surface area contributed by atoms with Crippen molar-refractivity contribution in [3.8, 4) is 11.5 Å².